The van der Waals surface area contributed by atoms with Crippen molar-refractivity contribution >= 4 is 11.4 Å². The maximum Gasteiger partial charge on any atom is 0.255 e. The predicted molar refractivity (Wildman–Crippen MR) is 72.8 cm³/mol. The number of carbonyl (C=O) groups is 1. The fourth-order valence-corrected chi connectivity index (χ4v) is 2.55. The Morgan fingerprint density at radius 2 is 2.32 bits per heavy atom. The van der Waals surface area contributed by atoms with Gasteiger partial charge in [0.1, 0.15) is 0 Å². The molecule has 3 rings (SSSR count). The van der Waals surface area contributed by atoms with Gasteiger partial charge in [-0.05, 0) is 18.6 Å². The van der Waals surface area contributed by atoms with Crippen LogP contribution in [0.4, 0.5) is 0 Å². The van der Waals surface area contributed by atoms with Gasteiger partial charge in [-0.25, -0.2) is 4.52 Å². The number of nitrogens with two attached hydrogens (primary N) is 1. The molecule has 1 aliphatic rings. The lowest BCUT2D eigenvalue weighted by Gasteiger charge is -2.50. The van der Waals surface area contributed by atoms with Crippen LogP contribution in [0.15, 0.2) is 30.6 Å². The molecule has 1 aliphatic carbocycles. The quantitative estimate of drug-likeness (QED) is 0.850. The smallest absolute Gasteiger partial charge is 0.255 e. The highest BCUT2D eigenvalue weighted by Crippen LogP contribution is 2.39. The van der Waals surface area contributed by atoms with E-state index in [4.69, 9.17) is 5.73 Å². The fourth-order valence-electron chi connectivity index (χ4n) is 2.55. The van der Waals surface area contributed by atoms with Gasteiger partial charge < -0.3 is 11.1 Å². The van der Waals surface area contributed by atoms with Crippen LogP contribution in [-0.4, -0.2) is 27.6 Å². The Balaban J connectivity index is 1.82. The van der Waals surface area contributed by atoms with Crippen molar-refractivity contribution in [3.63, 3.8) is 0 Å². The molecule has 1 amide bonds. The SMILES string of the molecule is CC1(C)C(N)CC1NC(=O)c1cnn2ccccc12. The highest BCUT2D eigenvalue weighted by molar-refractivity contribution is 6.00. The number of carbonyl (C=O) groups excluding carboxylic acids is 1. The van der Waals surface area contributed by atoms with Crippen molar-refractivity contribution in [3.05, 3.63) is 36.2 Å². The lowest BCUT2D eigenvalue weighted by Crippen LogP contribution is -2.64. The van der Waals surface area contributed by atoms with E-state index in [1.165, 1.54) is 0 Å². The van der Waals surface area contributed by atoms with Crippen molar-refractivity contribution < 1.29 is 4.79 Å². The molecule has 2 unspecified atom stereocenters. The van der Waals surface area contributed by atoms with Crippen molar-refractivity contribution in [2.75, 3.05) is 0 Å². The van der Waals surface area contributed by atoms with Crippen LogP contribution < -0.4 is 11.1 Å². The monoisotopic (exact) mass is 258 g/mol. The number of pyridine rings is 1. The van der Waals surface area contributed by atoms with Gasteiger partial charge in [-0.2, -0.15) is 5.10 Å². The second kappa shape index (κ2) is 4.06. The normalized spacial score (nSPS) is 25.0. The zero-order valence-electron chi connectivity index (χ0n) is 11.1. The average Bonchev–Trinajstić information content (AvgIpc) is 2.82. The lowest BCUT2D eigenvalue weighted by molar-refractivity contribution is 0.0587. The number of fused-ring (bicyclic) bond motifs is 1. The molecule has 100 valence electrons. The van der Waals surface area contributed by atoms with Crippen LogP contribution in [0, 0.1) is 5.41 Å². The summed E-state index contributed by atoms with van der Waals surface area (Å²) in [6, 6.07) is 5.96. The van der Waals surface area contributed by atoms with E-state index in [0.717, 1.165) is 11.9 Å². The summed E-state index contributed by atoms with van der Waals surface area (Å²) in [4.78, 5) is 12.3. The molecule has 19 heavy (non-hydrogen) atoms. The molecule has 1 fully saturated rings. The van der Waals surface area contributed by atoms with Gasteiger partial charge in [0.05, 0.1) is 17.3 Å². The first-order chi connectivity index (χ1) is 9.00. The molecule has 2 heterocycles. The summed E-state index contributed by atoms with van der Waals surface area (Å²) in [5.74, 6) is -0.0776. The standard InChI is InChI=1S/C14H18N4O/c1-14(2)11(15)7-12(14)17-13(19)9-8-16-18-6-4-3-5-10(9)18/h3-6,8,11-12H,7,15H2,1-2H3,(H,17,19). The summed E-state index contributed by atoms with van der Waals surface area (Å²) in [6.45, 7) is 4.17. The Bertz CT molecular complexity index is 631. The third-order valence-corrected chi connectivity index (χ3v) is 4.32. The summed E-state index contributed by atoms with van der Waals surface area (Å²) in [7, 11) is 0. The van der Waals surface area contributed by atoms with E-state index in [9.17, 15) is 4.79 Å². The van der Waals surface area contributed by atoms with Gasteiger partial charge in [0, 0.05) is 23.7 Å². The molecule has 5 heteroatoms. The van der Waals surface area contributed by atoms with Gasteiger partial charge in [0.15, 0.2) is 0 Å². The Kier molecular flexibility index (Phi) is 2.60. The topological polar surface area (TPSA) is 72.4 Å². The molecule has 2 aromatic heterocycles. The summed E-state index contributed by atoms with van der Waals surface area (Å²) in [5, 5.41) is 7.23. The van der Waals surface area contributed by atoms with Crippen molar-refractivity contribution in [1.82, 2.24) is 14.9 Å². The van der Waals surface area contributed by atoms with Gasteiger partial charge >= 0.3 is 0 Å². The highest BCUT2D eigenvalue weighted by atomic mass is 16.1. The fraction of sp³-hybridized carbons (Fsp3) is 0.429. The first-order valence-electron chi connectivity index (χ1n) is 6.49. The maximum absolute atomic E-state index is 12.3. The highest BCUT2D eigenvalue weighted by Gasteiger charge is 2.46. The number of nitrogens with one attached hydrogen (secondary N) is 1. The molecule has 0 aliphatic heterocycles. The Morgan fingerprint density at radius 3 is 3.00 bits per heavy atom. The Labute approximate surface area is 111 Å². The molecule has 0 saturated heterocycles. The van der Waals surface area contributed by atoms with Crippen molar-refractivity contribution in [1.29, 1.82) is 0 Å². The minimum atomic E-state index is -0.0776. The molecular weight excluding hydrogens is 240 g/mol. The van der Waals surface area contributed by atoms with Gasteiger partial charge in [-0.1, -0.05) is 19.9 Å². The largest absolute Gasteiger partial charge is 0.349 e. The van der Waals surface area contributed by atoms with Crippen LogP contribution in [0.3, 0.4) is 0 Å². The first kappa shape index (κ1) is 12.2. The van der Waals surface area contributed by atoms with Crippen LogP contribution >= 0.6 is 0 Å². The number of aromatic nitrogens is 2. The van der Waals surface area contributed by atoms with Crippen LogP contribution in [0.2, 0.25) is 0 Å². The van der Waals surface area contributed by atoms with E-state index in [-0.39, 0.29) is 23.4 Å². The molecule has 1 saturated carbocycles. The summed E-state index contributed by atoms with van der Waals surface area (Å²) >= 11 is 0. The minimum absolute atomic E-state index is 0.0430. The second-order valence-electron chi connectivity index (χ2n) is 5.78. The van der Waals surface area contributed by atoms with E-state index in [2.05, 4.69) is 24.3 Å². The Hall–Kier alpha value is -1.88. The van der Waals surface area contributed by atoms with E-state index in [1.807, 2.05) is 24.4 Å². The van der Waals surface area contributed by atoms with Crippen molar-refractivity contribution in [3.8, 4) is 0 Å². The number of hydrogen-bond acceptors (Lipinski definition) is 3. The Morgan fingerprint density at radius 1 is 1.53 bits per heavy atom. The molecule has 0 radical (unpaired) electrons. The summed E-state index contributed by atoms with van der Waals surface area (Å²) in [5.41, 5.74) is 7.35. The molecule has 2 atom stereocenters. The van der Waals surface area contributed by atoms with Gasteiger partial charge in [0.25, 0.3) is 5.91 Å². The zero-order valence-corrected chi connectivity index (χ0v) is 11.1. The molecule has 5 nitrogen and oxygen atoms in total. The maximum atomic E-state index is 12.3. The summed E-state index contributed by atoms with van der Waals surface area (Å²) < 4.78 is 1.70. The summed E-state index contributed by atoms with van der Waals surface area (Å²) in [6.07, 6.45) is 4.27. The molecule has 0 aromatic carbocycles. The minimum Gasteiger partial charge on any atom is -0.349 e. The molecule has 0 spiro atoms. The van der Waals surface area contributed by atoms with Crippen molar-refractivity contribution in [2.45, 2.75) is 32.4 Å². The van der Waals surface area contributed by atoms with Crippen LogP contribution in [0.25, 0.3) is 5.52 Å². The van der Waals surface area contributed by atoms with Crippen LogP contribution in [-0.2, 0) is 0 Å². The number of rotatable bonds is 2. The van der Waals surface area contributed by atoms with Gasteiger partial charge in [0.2, 0.25) is 0 Å². The molecule has 3 N–H and O–H groups in total. The predicted octanol–water partition coefficient (Wildman–Crippen LogP) is 1.19. The van der Waals surface area contributed by atoms with E-state index >= 15 is 0 Å². The van der Waals surface area contributed by atoms with Crippen molar-refractivity contribution in [2.24, 2.45) is 11.1 Å². The van der Waals surface area contributed by atoms with Gasteiger partial charge in [-0.3, -0.25) is 4.79 Å². The number of hydrogen-bond donors (Lipinski definition) is 2. The third kappa shape index (κ3) is 1.81. The number of amides is 1. The van der Waals surface area contributed by atoms with E-state index in [1.54, 1.807) is 10.7 Å². The molecule has 2 aromatic rings. The first-order valence-corrected chi connectivity index (χ1v) is 6.49. The van der Waals surface area contributed by atoms with Crippen LogP contribution in [0.5, 0.6) is 0 Å². The number of nitrogens with zero attached hydrogens (tertiary/aromatic N) is 2. The van der Waals surface area contributed by atoms with E-state index < -0.39 is 0 Å². The van der Waals surface area contributed by atoms with E-state index in [0.29, 0.717) is 5.56 Å². The molecule has 0 bridgehead atoms. The zero-order chi connectivity index (χ0) is 13.6. The average molecular weight is 258 g/mol. The third-order valence-electron chi connectivity index (χ3n) is 4.32. The van der Waals surface area contributed by atoms with Gasteiger partial charge in [-0.15, -0.1) is 0 Å². The second-order valence-corrected chi connectivity index (χ2v) is 5.78. The molecular formula is C14H18N4O. The van der Waals surface area contributed by atoms with Crippen LogP contribution in [0.1, 0.15) is 30.6 Å². The lowest BCUT2D eigenvalue weighted by atomic mass is 9.63.